The Morgan fingerprint density at radius 2 is 1.78 bits per heavy atom. The van der Waals surface area contributed by atoms with Crippen LogP contribution in [0.1, 0.15) is 32.3 Å². The Kier molecular flexibility index (Phi) is 7.80. The first-order valence-electron chi connectivity index (χ1n) is 7.76. The van der Waals surface area contributed by atoms with E-state index in [1.54, 1.807) is 6.92 Å². The van der Waals surface area contributed by atoms with Gasteiger partial charge in [0.25, 0.3) is 0 Å². The quantitative estimate of drug-likeness (QED) is 0.640. The molecule has 3 N–H and O–H groups in total. The summed E-state index contributed by atoms with van der Waals surface area (Å²) >= 11 is 0. The number of hydrogen-bond acceptors (Lipinski definition) is 3. The summed E-state index contributed by atoms with van der Waals surface area (Å²) in [6.07, 6.45) is 0.971. The zero-order valence-electron chi connectivity index (χ0n) is 13.5. The number of carbonyl (C=O) groups excluding carboxylic acids is 2. The van der Waals surface area contributed by atoms with Gasteiger partial charge in [0.2, 0.25) is 11.8 Å². The number of carboxylic acid groups (broad SMARTS) is 1. The summed E-state index contributed by atoms with van der Waals surface area (Å²) in [5, 5.41) is 14.3. The van der Waals surface area contributed by atoms with E-state index in [1.165, 1.54) is 0 Å². The summed E-state index contributed by atoms with van der Waals surface area (Å²) in [6, 6.07) is 8.41. The molecule has 0 radical (unpaired) electrons. The monoisotopic (exact) mass is 320 g/mol. The molecule has 0 fully saturated rings. The van der Waals surface area contributed by atoms with Crippen LogP contribution in [0, 0.1) is 5.92 Å². The fourth-order valence-corrected chi connectivity index (χ4v) is 2.09. The van der Waals surface area contributed by atoms with Crippen molar-refractivity contribution in [3.8, 4) is 0 Å². The van der Waals surface area contributed by atoms with Crippen LogP contribution in [0.4, 0.5) is 0 Å². The molecule has 0 saturated heterocycles. The highest BCUT2D eigenvalue weighted by molar-refractivity contribution is 5.84. The van der Waals surface area contributed by atoms with E-state index < -0.39 is 12.0 Å². The van der Waals surface area contributed by atoms with E-state index in [0.717, 1.165) is 5.56 Å². The first-order valence-corrected chi connectivity index (χ1v) is 7.76. The van der Waals surface area contributed by atoms with Gasteiger partial charge in [-0.15, -0.1) is 0 Å². The molecule has 0 aromatic heterocycles. The van der Waals surface area contributed by atoms with Gasteiger partial charge >= 0.3 is 5.97 Å². The Bertz CT molecular complexity index is 531. The lowest BCUT2D eigenvalue weighted by Crippen LogP contribution is -2.45. The van der Waals surface area contributed by atoms with Gasteiger partial charge in [0.05, 0.1) is 6.42 Å². The molecule has 2 amide bonds. The molecule has 23 heavy (non-hydrogen) atoms. The van der Waals surface area contributed by atoms with Crippen LogP contribution in [0.3, 0.4) is 0 Å². The largest absolute Gasteiger partial charge is 0.480 e. The van der Waals surface area contributed by atoms with Gasteiger partial charge in [-0.2, -0.15) is 0 Å². The molecule has 126 valence electrons. The van der Waals surface area contributed by atoms with Crippen LogP contribution < -0.4 is 10.6 Å². The molecule has 2 atom stereocenters. The summed E-state index contributed by atoms with van der Waals surface area (Å²) in [6.45, 7) is 3.83. The van der Waals surface area contributed by atoms with Crippen molar-refractivity contribution in [2.75, 3.05) is 6.54 Å². The first kappa shape index (κ1) is 18.7. The maximum Gasteiger partial charge on any atom is 0.326 e. The number of amides is 2. The lowest BCUT2D eigenvalue weighted by atomic mass is 9.99. The number of aliphatic carboxylic acids is 1. The van der Waals surface area contributed by atoms with Gasteiger partial charge < -0.3 is 15.7 Å². The summed E-state index contributed by atoms with van der Waals surface area (Å²) in [4.78, 5) is 34.7. The smallest absolute Gasteiger partial charge is 0.326 e. The van der Waals surface area contributed by atoms with Crippen LogP contribution >= 0.6 is 0 Å². The molecular weight excluding hydrogens is 296 g/mol. The summed E-state index contributed by atoms with van der Waals surface area (Å²) in [5.74, 6) is -1.73. The third-order valence-corrected chi connectivity index (χ3v) is 3.68. The topological polar surface area (TPSA) is 95.5 Å². The SMILES string of the molecule is CC[C@H](C)[C@H](NC(=O)CCNC(=O)Cc1ccccc1)C(=O)O. The highest BCUT2D eigenvalue weighted by Crippen LogP contribution is 2.08. The predicted molar refractivity (Wildman–Crippen MR) is 86.8 cm³/mol. The summed E-state index contributed by atoms with van der Waals surface area (Å²) in [7, 11) is 0. The zero-order chi connectivity index (χ0) is 17.2. The second-order valence-corrected chi connectivity index (χ2v) is 5.53. The third kappa shape index (κ3) is 6.95. The average Bonchev–Trinajstić information content (AvgIpc) is 2.52. The normalized spacial score (nSPS) is 13.0. The molecule has 0 unspecified atom stereocenters. The fraction of sp³-hybridized carbons (Fsp3) is 0.471. The Morgan fingerprint density at radius 3 is 2.35 bits per heavy atom. The van der Waals surface area contributed by atoms with Gasteiger partial charge in [-0.05, 0) is 11.5 Å². The fourth-order valence-electron chi connectivity index (χ4n) is 2.09. The van der Waals surface area contributed by atoms with Gasteiger partial charge in [0.1, 0.15) is 6.04 Å². The molecule has 1 rings (SSSR count). The number of rotatable bonds is 9. The number of benzene rings is 1. The van der Waals surface area contributed by atoms with Crippen molar-refractivity contribution in [1.82, 2.24) is 10.6 Å². The molecular formula is C17H24N2O4. The molecule has 1 aromatic carbocycles. The van der Waals surface area contributed by atoms with E-state index in [2.05, 4.69) is 10.6 Å². The minimum atomic E-state index is -1.04. The van der Waals surface area contributed by atoms with Crippen LogP contribution in [-0.4, -0.2) is 35.5 Å². The number of carboxylic acids is 1. The highest BCUT2D eigenvalue weighted by atomic mass is 16.4. The molecule has 0 heterocycles. The van der Waals surface area contributed by atoms with Crippen molar-refractivity contribution >= 4 is 17.8 Å². The van der Waals surface area contributed by atoms with Crippen molar-refractivity contribution in [2.24, 2.45) is 5.92 Å². The van der Waals surface area contributed by atoms with Crippen molar-refractivity contribution in [1.29, 1.82) is 0 Å². The minimum Gasteiger partial charge on any atom is -0.480 e. The molecule has 0 aliphatic rings. The molecule has 0 spiro atoms. The third-order valence-electron chi connectivity index (χ3n) is 3.68. The van der Waals surface area contributed by atoms with E-state index in [-0.39, 0.29) is 37.1 Å². The number of hydrogen-bond donors (Lipinski definition) is 3. The second kappa shape index (κ2) is 9.61. The van der Waals surface area contributed by atoms with E-state index in [1.807, 2.05) is 37.3 Å². The van der Waals surface area contributed by atoms with Gasteiger partial charge in [-0.3, -0.25) is 9.59 Å². The van der Waals surface area contributed by atoms with Crippen LogP contribution in [0.15, 0.2) is 30.3 Å². The maximum absolute atomic E-state index is 11.8. The average molecular weight is 320 g/mol. The second-order valence-electron chi connectivity index (χ2n) is 5.53. The number of carbonyl (C=O) groups is 3. The Labute approximate surface area is 136 Å². The van der Waals surface area contributed by atoms with Crippen molar-refractivity contribution in [3.63, 3.8) is 0 Å². The van der Waals surface area contributed by atoms with Crippen molar-refractivity contribution in [3.05, 3.63) is 35.9 Å². The molecule has 0 saturated carbocycles. The van der Waals surface area contributed by atoms with E-state index in [9.17, 15) is 14.4 Å². The molecule has 0 bridgehead atoms. The molecule has 6 nitrogen and oxygen atoms in total. The Morgan fingerprint density at radius 1 is 1.13 bits per heavy atom. The van der Waals surface area contributed by atoms with Gasteiger partial charge in [0, 0.05) is 13.0 Å². The van der Waals surface area contributed by atoms with Crippen LogP contribution in [0.25, 0.3) is 0 Å². The first-order chi connectivity index (χ1) is 10.9. The molecule has 1 aromatic rings. The maximum atomic E-state index is 11.8. The van der Waals surface area contributed by atoms with Gasteiger partial charge in [-0.1, -0.05) is 50.6 Å². The molecule has 0 aliphatic heterocycles. The van der Waals surface area contributed by atoms with Gasteiger partial charge in [0.15, 0.2) is 0 Å². The van der Waals surface area contributed by atoms with E-state index in [4.69, 9.17) is 5.11 Å². The minimum absolute atomic E-state index is 0.0563. The summed E-state index contributed by atoms with van der Waals surface area (Å²) < 4.78 is 0. The molecule has 6 heteroatoms. The van der Waals surface area contributed by atoms with E-state index >= 15 is 0 Å². The summed E-state index contributed by atoms with van der Waals surface area (Å²) in [5.41, 5.74) is 0.900. The van der Waals surface area contributed by atoms with Crippen LogP contribution in [0.5, 0.6) is 0 Å². The van der Waals surface area contributed by atoms with Crippen molar-refractivity contribution in [2.45, 2.75) is 39.2 Å². The van der Waals surface area contributed by atoms with Crippen LogP contribution in [-0.2, 0) is 20.8 Å². The number of nitrogens with one attached hydrogen (secondary N) is 2. The van der Waals surface area contributed by atoms with Crippen molar-refractivity contribution < 1.29 is 19.5 Å². The molecule has 0 aliphatic carbocycles. The lowest BCUT2D eigenvalue weighted by Gasteiger charge is -2.20. The zero-order valence-corrected chi connectivity index (χ0v) is 13.5. The Hall–Kier alpha value is -2.37. The lowest BCUT2D eigenvalue weighted by molar-refractivity contribution is -0.143. The Balaban J connectivity index is 2.33. The highest BCUT2D eigenvalue weighted by Gasteiger charge is 2.24. The van der Waals surface area contributed by atoms with Crippen LogP contribution in [0.2, 0.25) is 0 Å². The standard InChI is InChI=1S/C17H24N2O4/c1-3-12(2)16(17(22)23)19-14(20)9-10-18-15(21)11-13-7-5-4-6-8-13/h4-8,12,16H,3,9-11H2,1-2H3,(H,18,21)(H,19,20)(H,22,23)/t12-,16-/m0/s1. The van der Waals surface area contributed by atoms with E-state index in [0.29, 0.717) is 6.42 Å². The van der Waals surface area contributed by atoms with Gasteiger partial charge in [-0.25, -0.2) is 4.79 Å². The predicted octanol–water partition coefficient (Wildman–Crippen LogP) is 1.35.